The van der Waals surface area contributed by atoms with E-state index in [1.807, 2.05) is 18.2 Å². The summed E-state index contributed by atoms with van der Waals surface area (Å²) in [4.78, 5) is 0. The van der Waals surface area contributed by atoms with Crippen LogP contribution in [0.4, 0.5) is 0 Å². The van der Waals surface area contributed by atoms with Crippen LogP contribution in [0.25, 0.3) is 0 Å². The molecule has 0 aliphatic carbocycles. The van der Waals surface area contributed by atoms with Crippen LogP contribution in [0.15, 0.2) is 30.3 Å². The van der Waals surface area contributed by atoms with Crippen LogP contribution in [-0.4, -0.2) is 0 Å². The predicted octanol–water partition coefficient (Wildman–Crippen LogP) is 1.87. The summed E-state index contributed by atoms with van der Waals surface area (Å²) < 4.78 is 8.44. The number of benzene rings is 1. The summed E-state index contributed by atoms with van der Waals surface area (Å²) >= 11 is -0.222. The van der Waals surface area contributed by atoms with Gasteiger partial charge in [0, 0.05) is 0 Å². The molecule has 0 spiro atoms. The fourth-order valence-electron chi connectivity index (χ4n) is 0.534. The van der Waals surface area contributed by atoms with Gasteiger partial charge in [0.1, 0.15) is 0 Å². The molecule has 0 unspecified atom stereocenters. The van der Waals surface area contributed by atoms with Crippen molar-refractivity contribution in [2.45, 2.75) is 6.92 Å². The molecule has 0 aliphatic heterocycles. The Morgan fingerprint density at radius 3 is 1.78 bits per heavy atom. The molecule has 1 rings (SSSR count). The molecule has 0 aliphatic rings. The maximum atomic E-state index is 8.44. The first-order chi connectivity index (χ1) is 4.39. The van der Waals surface area contributed by atoms with Crippen molar-refractivity contribution in [3.8, 4) is 0 Å². The van der Waals surface area contributed by atoms with E-state index in [1.54, 1.807) is 0 Å². The average Bonchev–Trinajstić information content (AvgIpc) is 1.94. The molecule has 0 atom stereocenters. The molecule has 0 heterocycles. The molecule has 1 aromatic carbocycles. The van der Waals surface area contributed by atoms with E-state index in [1.165, 1.54) is 5.56 Å². The summed E-state index contributed by atoms with van der Waals surface area (Å²) in [6.07, 6.45) is 0. The van der Waals surface area contributed by atoms with Crippen LogP contribution in [0.3, 0.4) is 0 Å². The summed E-state index contributed by atoms with van der Waals surface area (Å²) in [5.74, 6) is 0. The number of aryl methyl sites for hydroxylation is 1. The zero-order valence-corrected chi connectivity index (χ0v) is 11.0. The van der Waals surface area contributed by atoms with Crippen molar-refractivity contribution in [3.05, 3.63) is 35.9 Å². The monoisotopic (exact) mass is 310 g/mol. The Morgan fingerprint density at radius 1 is 1.11 bits per heavy atom. The molecule has 44 valence electrons. The van der Waals surface area contributed by atoms with E-state index in [-0.39, 0.29) is 26.1 Å². The fraction of sp³-hybridized carbons (Fsp3) is 0.143. The second kappa shape index (κ2) is 6.08. The molecule has 0 saturated heterocycles. The molecule has 0 aromatic heterocycles. The van der Waals surface area contributed by atoms with Crippen LogP contribution >= 0.6 is 0 Å². The molecule has 0 amide bonds. The Morgan fingerprint density at radius 2 is 1.56 bits per heavy atom. The molecule has 9 heavy (non-hydrogen) atoms. The molecule has 2 heteroatoms. The maximum absolute atomic E-state index is 8.44. The summed E-state index contributed by atoms with van der Waals surface area (Å²) in [5.41, 5.74) is 1.32. The van der Waals surface area contributed by atoms with Gasteiger partial charge >= 0.3 is 28.8 Å². The molecule has 0 radical (unpaired) electrons. The molecular weight excluding hydrogens is 301 g/mol. The third-order valence-corrected chi connectivity index (χ3v) is 0.940. The van der Waals surface area contributed by atoms with Crippen molar-refractivity contribution in [1.29, 1.82) is 0 Å². The number of hydrogen-bond donors (Lipinski definition) is 0. The van der Waals surface area contributed by atoms with Crippen molar-refractivity contribution >= 4 is 0 Å². The van der Waals surface area contributed by atoms with Crippen molar-refractivity contribution < 1.29 is 28.8 Å². The topological polar surface area (TPSA) is 17.1 Å². The molecule has 0 bridgehead atoms. The van der Waals surface area contributed by atoms with E-state index in [4.69, 9.17) is 2.64 Å². The van der Waals surface area contributed by atoms with E-state index in [2.05, 4.69) is 19.1 Å². The molecule has 1 nitrogen and oxygen atoms in total. The predicted molar refractivity (Wildman–Crippen MR) is 31.9 cm³/mol. The Balaban J connectivity index is 0.000000291. The first-order valence-electron chi connectivity index (χ1n) is 2.70. The summed E-state index contributed by atoms with van der Waals surface area (Å²) in [7, 11) is 0. The van der Waals surface area contributed by atoms with Crippen LogP contribution in [0, 0.1) is 6.92 Å². The van der Waals surface area contributed by atoms with E-state index in [0.717, 1.165) is 0 Å². The van der Waals surface area contributed by atoms with Crippen LogP contribution in [-0.2, 0) is 28.8 Å². The molecule has 0 fully saturated rings. The van der Waals surface area contributed by atoms with Gasteiger partial charge in [-0.15, -0.1) is 0 Å². The number of hydrogen-bond acceptors (Lipinski definition) is 1. The van der Waals surface area contributed by atoms with Gasteiger partial charge in [-0.05, 0) is 6.92 Å². The van der Waals surface area contributed by atoms with Gasteiger partial charge in [0.05, 0.1) is 0 Å². The van der Waals surface area contributed by atoms with Crippen molar-refractivity contribution in [3.63, 3.8) is 0 Å². The van der Waals surface area contributed by atoms with Crippen LogP contribution in [0.2, 0.25) is 0 Å². The first-order valence-corrected chi connectivity index (χ1v) is 4.94. The summed E-state index contributed by atoms with van der Waals surface area (Å²) in [5, 5.41) is 0. The molecule has 1 aromatic rings. The zero-order chi connectivity index (χ0) is 7.11. The Labute approximate surface area is 71.5 Å². The van der Waals surface area contributed by atoms with Gasteiger partial charge in [0.2, 0.25) is 0 Å². The average molecular weight is 309 g/mol. The second-order valence-electron chi connectivity index (χ2n) is 1.65. The summed E-state index contributed by atoms with van der Waals surface area (Å²) in [6.45, 7) is 2.08. The minimum absolute atomic E-state index is 0.222. The molecular formula is C7H8HgO. The van der Waals surface area contributed by atoms with Crippen LogP contribution in [0.1, 0.15) is 5.56 Å². The van der Waals surface area contributed by atoms with Gasteiger partial charge in [0.25, 0.3) is 0 Å². The third kappa shape index (κ3) is 4.46. The van der Waals surface area contributed by atoms with Crippen LogP contribution in [0.5, 0.6) is 0 Å². The normalized spacial score (nSPS) is 7.44. The van der Waals surface area contributed by atoms with Crippen molar-refractivity contribution in [2.24, 2.45) is 0 Å². The Bertz CT molecular complexity index is 150. The van der Waals surface area contributed by atoms with E-state index in [0.29, 0.717) is 0 Å². The van der Waals surface area contributed by atoms with E-state index >= 15 is 0 Å². The van der Waals surface area contributed by atoms with Gasteiger partial charge in [-0.2, -0.15) is 0 Å². The zero-order valence-electron chi connectivity index (χ0n) is 5.50. The molecule has 0 saturated carbocycles. The number of rotatable bonds is 0. The Hall–Kier alpha value is -0.0449. The van der Waals surface area contributed by atoms with E-state index in [9.17, 15) is 0 Å². The van der Waals surface area contributed by atoms with Gasteiger partial charge in [0.15, 0.2) is 0 Å². The molecule has 0 N–H and O–H groups in total. The van der Waals surface area contributed by atoms with Crippen LogP contribution < -0.4 is 0 Å². The van der Waals surface area contributed by atoms with Crippen molar-refractivity contribution in [2.75, 3.05) is 0 Å². The van der Waals surface area contributed by atoms with Gasteiger partial charge in [-0.3, -0.25) is 0 Å². The van der Waals surface area contributed by atoms with Gasteiger partial charge in [-0.1, -0.05) is 35.9 Å². The minimum atomic E-state index is -0.222. The second-order valence-corrected chi connectivity index (χ2v) is 1.65. The fourth-order valence-corrected chi connectivity index (χ4v) is 0.534. The van der Waals surface area contributed by atoms with Gasteiger partial charge < -0.3 is 0 Å². The van der Waals surface area contributed by atoms with Crippen molar-refractivity contribution in [1.82, 2.24) is 0 Å². The first kappa shape index (κ1) is 8.96. The standard InChI is InChI=1S/C7H8.Hg.O/c1-7-5-3-2-4-6-7;;/h2-6H,1H3;;. The third-order valence-electron chi connectivity index (χ3n) is 0.940. The van der Waals surface area contributed by atoms with Gasteiger partial charge in [-0.25, -0.2) is 0 Å². The Kier molecular flexibility index (Phi) is 6.05. The summed E-state index contributed by atoms with van der Waals surface area (Å²) in [6, 6.07) is 10.3. The van der Waals surface area contributed by atoms with E-state index < -0.39 is 0 Å². The quantitative estimate of drug-likeness (QED) is 0.669. The SMILES string of the molecule is Cc1ccccc1.[O]=[Hg].